The molecule has 1 aromatic carbocycles. The predicted molar refractivity (Wildman–Crippen MR) is 243 cm³/mol. The number of thiocarbonyl (C=S) groups is 1. The summed E-state index contributed by atoms with van der Waals surface area (Å²) in [4.78, 5) is 61.8. The van der Waals surface area contributed by atoms with Crippen LogP contribution in [-0.2, 0) is 49.0 Å². The second kappa shape index (κ2) is 20.8. The molecule has 0 spiro atoms. The van der Waals surface area contributed by atoms with E-state index in [2.05, 4.69) is 11.8 Å². The fraction of sp³-hybridized carbons (Fsp3) is 0.587. The zero-order valence-corrected chi connectivity index (χ0v) is 38.6. The highest BCUT2D eigenvalue weighted by Gasteiger charge is 2.51. The largest absolute Gasteiger partial charge is 0.514 e. The number of hydrogen-bond donors (Lipinski definition) is 0. The number of hydrogen-bond acceptors (Lipinski definition) is 12. The third-order valence-electron chi connectivity index (χ3n) is 11.0. The fourth-order valence-electron chi connectivity index (χ4n) is 7.80. The molecule has 1 unspecified atom stereocenters. The van der Waals surface area contributed by atoms with Gasteiger partial charge in [0.2, 0.25) is 5.60 Å². The molecule has 5 rings (SSSR count). The molecule has 60 heavy (non-hydrogen) atoms. The molecule has 2 aliphatic rings. The van der Waals surface area contributed by atoms with Gasteiger partial charge in [0.05, 0.1) is 35.4 Å². The van der Waals surface area contributed by atoms with E-state index in [1.165, 1.54) is 63.1 Å². The summed E-state index contributed by atoms with van der Waals surface area (Å²) in [6, 6.07) is 6.88. The summed E-state index contributed by atoms with van der Waals surface area (Å²) in [5, 5.41) is 0.774. The number of carbonyl (C=O) groups is 3. The molecular weight excluding hydrogens is 819 g/mol. The van der Waals surface area contributed by atoms with Crippen molar-refractivity contribution >= 4 is 68.3 Å². The molecule has 0 radical (unpaired) electrons. The van der Waals surface area contributed by atoms with Crippen molar-refractivity contribution in [3.63, 3.8) is 0 Å². The lowest BCUT2D eigenvalue weighted by molar-refractivity contribution is -0.189. The van der Waals surface area contributed by atoms with Crippen LogP contribution in [0.4, 0.5) is 4.79 Å². The number of aromatic nitrogens is 2. The standard InChI is InChI=1S/C46H59N3O8S3/c1-9-12-13-14-15-16-17-18-19-20-25-59-43(58)60-45(7,47-8)24-23-38(50)56-46(11-3)35-27-37-39-33(28-49(37)40(51)34(35)29-54-41(46)52)31(10-2)32-26-30(21-22-36(32)48-39)55-42(53)57-44(4,5)6/h21-22,26-27H,9-20,23-25,28-29H2,1-7H3/t45?,46-/m0/s1. The third kappa shape index (κ3) is 11.3. The second-order valence-corrected chi connectivity index (χ2v) is 20.5. The topological polar surface area (TPSA) is 127 Å². The number of esters is 2. The van der Waals surface area contributed by atoms with E-state index in [9.17, 15) is 19.2 Å². The molecular formula is C46H59N3O8S3. The van der Waals surface area contributed by atoms with Crippen LogP contribution in [0, 0.1) is 6.57 Å². The summed E-state index contributed by atoms with van der Waals surface area (Å²) >= 11 is 8.52. The SMILES string of the molecule is [C-]#[N+]C(C)(CCC(=O)O[C@]1(CC)C(=O)OCc2c1cc1n(c2=O)Cc2c-1nc1ccc(OC(=O)OC(C)(C)C)cc1c2CC)SC(=S)SCCCCCCCCCCCC. The Morgan fingerprint density at radius 3 is 2.30 bits per heavy atom. The Kier molecular flexibility index (Phi) is 16.3. The third-order valence-corrected chi connectivity index (χ3v) is 13.9. The first kappa shape index (κ1) is 47.1. The Morgan fingerprint density at radius 1 is 0.983 bits per heavy atom. The Morgan fingerprint density at radius 2 is 1.67 bits per heavy atom. The van der Waals surface area contributed by atoms with E-state index in [1.54, 1.807) is 75.2 Å². The maximum Gasteiger partial charge on any atom is 0.514 e. The van der Waals surface area contributed by atoms with Crippen molar-refractivity contribution in [3.05, 3.63) is 68.3 Å². The normalized spacial score (nSPS) is 16.5. The van der Waals surface area contributed by atoms with Gasteiger partial charge in [-0.3, -0.25) is 14.4 Å². The summed E-state index contributed by atoms with van der Waals surface area (Å²) in [5.41, 5.74) is 1.07. The lowest BCUT2D eigenvalue weighted by atomic mass is 9.85. The number of fused-ring (bicyclic) bond motifs is 5. The van der Waals surface area contributed by atoms with Gasteiger partial charge in [-0.15, -0.1) is 11.8 Å². The number of pyridine rings is 2. The Hall–Kier alpha value is -3.93. The van der Waals surface area contributed by atoms with E-state index >= 15 is 0 Å². The molecule has 0 N–H and O–H groups in total. The summed E-state index contributed by atoms with van der Waals surface area (Å²) in [7, 11) is 0. The molecule has 11 nitrogen and oxygen atoms in total. The van der Waals surface area contributed by atoms with Crippen molar-refractivity contribution in [2.24, 2.45) is 0 Å². The first-order valence-electron chi connectivity index (χ1n) is 21.4. The zero-order valence-electron chi connectivity index (χ0n) is 36.2. The number of rotatable bonds is 19. The van der Waals surface area contributed by atoms with E-state index in [1.807, 2.05) is 6.92 Å². The molecule has 0 fully saturated rings. The molecule has 0 amide bonds. The van der Waals surface area contributed by atoms with Crippen LogP contribution in [0.5, 0.6) is 5.75 Å². The number of nitrogens with zero attached hydrogens (tertiary/aromatic N) is 3. The van der Waals surface area contributed by atoms with Crippen LogP contribution in [0.15, 0.2) is 29.1 Å². The molecule has 0 bridgehead atoms. The fourth-order valence-corrected chi connectivity index (χ4v) is 10.7. The van der Waals surface area contributed by atoms with Gasteiger partial charge >= 0.3 is 18.1 Å². The maximum absolute atomic E-state index is 14.2. The molecule has 3 aromatic rings. The lowest BCUT2D eigenvalue weighted by Crippen LogP contribution is -2.47. The number of ether oxygens (including phenoxy) is 4. The Labute approximate surface area is 368 Å². The average Bonchev–Trinajstić information content (AvgIpc) is 3.57. The van der Waals surface area contributed by atoms with Crippen molar-refractivity contribution < 1.29 is 33.3 Å². The zero-order chi connectivity index (χ0) is 43.7. The Balaban J connectivity index is 1.27. The van der Waals surface area contributed by atoms with Crippen LogP contribution in [0.3, 0.4) is 0 Å². The van der Waals surface area contributed by atoms with E-state index in [-0.39, 0.29) is 49.1 Å². The van der Waals surface area contributed by atoms with Crippen molar-refractivity contribution in [1.82, 2.24) is 9.55 Å². The van der Waals surface area contributed by atoms with Gasteiger partial charge in [0.1, 0.15) is 21.5 Å². The van der Waals surface area contributed by atoms with Crippen LogP contribution in [-0.4, -0.2) is 47.4 Å². The molecule has 0 saturated heterocycles. The van der Waals surface area contributed by atoms with Crippen molar-refractivity contribution in [1.29, 1.82) is 0 Å². The highest BCUT2D eigenvalue weighted by atomic mass is 32.2. The molecule has 0 saturated carbocycles. The number of carbonyl (C=O) groups excluding carboxylic acids is 3. The minimum Gasteiger partial charge on any atom is -0.457 e. The van der Waals surface area contributed by atoms with Gasteiger partial charge in [-0.25, -0.2) is 21.1 Å². The van der Waals surface area contributed by atoms with E-state index in [0.29, 0.717) is 32.6 Å². The van der Waals surface area contributed by atoms with Crippen LogP contribution >= 0.6 is 35.7 Å². The number of cyclic esters (lactones) is 1. The van der Waals surface area contributed by atoms with Gasteiger partial charge in [0.25, 0.3) is 10.4 Å². The molecule has 4 heterocycles. The van der Waals surface area contributed by atoms with Crippen LogP contribution < -0.4 is 10.3 Å². The van der Waals surface area contributed by atoms with Gasteiger partial charge in [-0.2, -0.15) is 0 Å². The number of unbranched alkanes of at least 4 members (excludes halogenated alkanes) is 9. The lowest BCUT2D eigenvalue weighted by Gasteiger charge is -2.35. The highest BCUT2D eigenvalue weighted by Crippen LogP contribution is 2.43. The van der Waals surface area contributed by atoms with Crippen LogP contribution in [0.1, 0.15) is 154 Å². The number of aryl methyl sites for hydroxylation is 1. The molecule has 14 heteroatoms. The van der Waals surface area contributed by atoms with Gasteiger partial charge in [-0.05, 0) is 87.4 Å². The molecule has 2 aliphatic heterocycles. The summed E-state index contributed by atoms with van der Waals surface area (Å²) in [5.74, 6) is -0.231. The minimum atomic E-state index is -1.86. The van der Waals surface area contributed by atoms with Crippen LogP contribution in [0.25, 0.3) is 27.1 Å². The van der Waals surface area contributed by atoms with Gasteiger partial charge in [0, 0.05) is 29.9 Å². The number of thioether (sulfide) groups is 2. The monoisotopic (exact) mass is 877 g/mol. The average molecular weight is 878 g/mol. The van der Waals surface area contributed by atoms with Crippen LogP contribution in [0.2, 0.25) is 0 Å². The highest BCUT2D eigenvalue weighted by molar-refractivity contribution is 8.47. The van der Waals surface area contributed by atoms with Crippen molar-refractivity contribution in [2.45, 2.75) is 168 Å². The summed E-state index contributed by atoms with van der Waals surface area (Å²) in [6.07, 6.45) is 12.5. The molecule has 0 aliphatic carbocycles. The van der Waals surface area contributed by atoms with Gasteiger partial charge in [0.15, 0.2) is 0 Å². The first-order chi connectivity index (χ1) is 28.6. The number of benzene rings is 1. The van der Waals surface area contributed by atoms with Crippen molar-refractivity contribution in [3.8, 4) is 17.1 Å². The quantitative estimate of drug-likeness (QED) is 0.0222. The summed E-state index contributed by atoms with van der Waals surface area (Å²) < 4.78 is 24.7. The van der Waals surface area contributed by atoms with E-state index in [4.69, 9.17) is 42.7 Å². The van der Waals surface area contributed by atoms with E-state index < -0.39 is 34.2 Å². The van der Waals surface area contributed by atoms with Gasteiger partial charge in [-0.1, -0.05) is 90.8 Å². The molecule has 2 atom stereocenters. The van der Waals surface area contributed by atoms with Gasteiger partial charge < -0.3 is 23.5 Å². The molecule has 324 valence electrons. The smallest absolute Gasteiger partial charge is 0.457 e. The second-order valence-electron chi connectivity index (χ2n) is 16.7. The van der Waals surface area contributed by atoms with Crippen molar-refractivity contribution in [2.75, 3.05) is 5.75 Å². The summed E-state index contributed by atoms with van der Waals surface area (Å²) in [6.45, 7) is 20.9. The first-order valence-corrected chi connectivity index (χ1v) is 23.6. The minimum absolute atomic E-state index is 0.0284. The Bertz CT molecular complexity index is 2190. The van der Waals surface area contributed by atoms with E-state index in [0.717, 1.165) is 35.1 Å². The maximum atomic E-state index is 14.2. The predicted octanol–water partition coefficient (Wildman–Crippen LogP) is 11.6. The molecule has 2 aromatic heterocycles.